The van der Waals surface area contributed by atoms with E-state index in [9.17, 15) is 4.79 Å². The molecule has 0 saturated heterocycles. The molecule has 0 aliphatic rings. The zero-order valence-corrected chi connectivity index (χ0v) is 16.6. The zero-order valence-electron chi connectivity index (χ0n) is 16.6. The van der Waals surface area contributed by atoms with Crippen molar-refractivity contribution in [1.82, 2.24) is 15.0 Å². The Hall–Kier alpha value is -3.93. The lowest BCUT2D eigenvalue weighted by Gasteiger charge is -2.15. The number of rotatable bonds is 7. The Labute approximate surface area is 174 Å². The van der Waals surface area contributed by atoms with E-state index in [0.717, 1.165) is 11.1 Å². The summed E-state index contributed by atoms with van der Waals surface area (Å²) in [6.07, 6.45) is 0. The lowest BCUT2D eigenvalue weighted by atomic mass is 10.2. The van der Waals surface area contributed by atoms with Crippen LogP contribution in [-0.4, -0.2) is 28.0 Å². The van der Waals surface area contributed by atoms with Crippen LogP contribution in [0.15, 0.2) is 89.5 Å². The van der Waals surface area contributed by atoms with Gasteiger partial charge in [0.2, 0.25) is 11.7 Å². The van der Waals surface area contributed by atoms with Crippen molar-refractivity contribution in [2.24, 2.45) is 0 Å². The first kappa shape index (κ1) is 19.4. The van der Waals surface area contributed by atoms with Crippen LogP contribution in [0.2, 0.25) is 0 Å². The first-order chi connectivity index (χ1) is 14.7. The third-order valence-corrected chi connectivity index (χ3v) is 4.55. The van der Waals surface area contributed by atoms with E-state index in [0.29, 0.717) is 29.6 Å². The number of carbonyl (C=O) groups excluding carboxylic acids is 1. The van der Waals surface area contributed by atoms with E-state index in [4.69, 9.17) is 9.26 Å². The molecule has 3 aromatic carbocycles. The van der Waals surface area contributed by atoms with Gasteiger partial charge in [-0.25, -0.2) is 0 Å². The number of ether oxygens (including phenoxy) is 1. The molecule has 1 heterocycles. The highest BCUT2D eigenvalue weighted by Gasteiger charge is 2.17. The van der Waals surface area contributed by atoms with Gasteiger partial charge in [-0.3, -0.25) is 4.79 Å². The van der Waals surface area contributed by atoms with Crippen LogP contribution in [0.5, 0.6) is 5.75 Å². The van der Waals surface area contributed by atoms with Crippen LogP contribution < -0.4 is 4.74 Å². The molecule has 4 rings (SSSR count). The van der Waals surface area contributed by atoms with Crippen LogP contribution in [0, 0.1) is 0 Å². The Bertz CT molecular complexity index is 1110. The minimum Gasteiger partial charge on any atom is -0.489 e. The van der Waals surface area contributed by atoms with Gasteiger partial charge in [0.05, 0.1) is 6.54 Å². The van der Waals surface area contributed by atoms with Crippen LogP contribution in [0.1, 0.15) is 21.8 Å². The van der Waals surface area contributed by atoms with Crippen LogP contribution in [0.3, 0.4) is 0 Å². The van der Waals surface area contributed by atoms with E-state index in [-0.39, 0.29) is 12.5 Å². The predicted molar refractivity (Wildman–Crippen MR) is 113 cm³/mol. The topological polar surface area (TPSA) is 68.5 Å². The van der Waals surface area contributed by atoms with E-state index in [1.165, 1.54) is 0 Å². The quantitative estimate of drug-likeness (QED) is 0.455. The molecule has 30 heavy (non-hydrogen) atoms. The van der Waals surface area contributed by atoms with Crippen molar-refractivity contribution in [2.45, 2.75) is 13.2 Å². The fourth-order valence-electron chi connectivity index (χ4n) is 2.98. The second-order valence-electron chi connectivity index (χ2n) is 6.84. The van der Waals surface area contributed by atoms with Crippen molar-refractivity contribution < 1.29 is 14.1 Å². The van der Waals surface area contributed by atoms with E-state index in [2.05, 4.69) is 10.1 Å². The summed E-state index contributed by atoms with van der Waals surface area (Å²) in [6.45, 7) is 0.659. The highest BCUT2D eigenvalue weighted by Crippen LogP contribution is 2.18. The lowest BCUT2D eigenvalue weighted by Crippen LogP contribution is -2.26. The molecule has 0 aliphatic heterocycles. The molecule has 0 saturated carbocycles. The van der Waals surface area contributed by atoms with Crippen LogP contribution in [0.25, 0.3) is 11.4 Å². The third-order valence-electron chi connectivity index (χ3n) is 4.55. The van der Waals surface area contributed by atoms with Crippen LogP contribution in [0.4, 0.5) is 0 Å². The zero-order chi connectivity index (χ0) is 20.8. The number of aromatic nitrogens is 2. The summed E-state index contributed by atoms with van der Waals surface area (Å²) >= 11 is 0. The van der Waals surface area contributed by atoms with E-state index >= 15 is 0 Å². The maximum atomic E-state index is 12.8. The fraction of sp³-hybridized carbons (Fsp3) is 0.125. The Morgan fingerprint density at radius 3 is 2.47 bits per heavy atom. The molecule has 6 heteroatoms. The minimum absolute atomic E-state index is 0.153. The maximum Gasteiger partial charge on any atom is 0.254 e. The molecule has 0 bridgehead atoms. The van der Waals surface area contributed by atoms with Crippen LogP contribution in [-0.2, 0) is 13.2 Å². The van der Waals surface area contributed by atoms with Gasteiger partial charge in [0, 0.05) is 18.2 Å². The number of hydrogen-bond donors (Lipinski definition) is 0. The summed E-state index contributed by atoms with van der Waals surface area (Å²) in [5.41, 5.74) is 2.47. The second kappa shape index (κ2) is 9.05. The molecule has 0 N–H and O–H groups in total. The molecule has 0 radical (unpaired) electrons. The normalized spacial score (nSPS) is 10.6. The monoisotopic (exact) mass is 399 g/mol. The van der Waals surface area contributed by atoms with Crippen molar-refractivity contribution in [3.05, 3.63) is 102 Å². The summed E-state index contributed by atoms with van der Waals surface area (Å²) in [4.78, 5) is 18.8. The largest absolute Gasteiger partial charge is 0.489 e. The fourth-order valence-corrected chi connectivity index (χ4v) is 2.98. The molecule has 4 aromatic rings. The molecule has 0 aliphatic carbocycles. The standard InChI is InChI=1S/C24H21N3O3/c1-27(16-22-25-23(26-30-22)19-11-6-3-7-12-19)24(28)20-13-8-14-21(15-20)29-17-18-9-4-2-5-10-18/h2-15H,16-17H2,1H3. The highest BCUT2D eigenvalue weighted by molar-refractivity contribution is 5.94. The Balaban J connectivity index is 1.40. The van der Waals surface area contributed by atoms with E-state index < -0.39 is 0 Å². The third kappa shape index (κ3) is 4.72. The van der Waals surface area contributed by atoms with Crippen molar-refractivity contribution >= 4 is 5.91 Å². The van der Waals surface area contributed by atoms with Gasteiger partial charge in [0.25, 0.3) is 5.91 Å². The van der Waals surface area contributed by atoms with Crippen molar-refractivity contribution in [2.75, 3.05) is 7.05 Å². The first-order valence-electron chi connectivity index (χ1n) is 9.59. The van der Waals surface area contributed by atoms with Gasteiger partial charge in [-0.05, 0) is 23.8 Å². The average molecular weight is 399 g/mol. The van der Waals surface area contributed by atoms with Gasteiger partial charge in [-0.2, -0.15) is 4.98 Å². The number of benzene rings is 3. The predicted octanol–water partition coefficient (Wildman–Crippen LogP) is 4.59. The molecule has 0 spiro atoms. The molecule has 0 fully saturated rings. The van der Waals surface area contributed by atoms with E-state index in [1.807, 2.05) is 72.8 Å². The summed E-state index contributed by atoms with van der Waals surface area (Å²) in [6, 6.07) is 26.6. The van der Waals surface area contributed by atoms with Gasteiger partial charge < -0.3 is 14.2 Å². The van der Waals surface area contributed by atoms with E-state index in [1.54, 1.807) is 24.1 Å². The Morgan fingerprint density at radius 2 is 1.70 bits per heavy atom. The van der Waals surface area contributed by atoms with Crippen molar-refractivity contribution in [1.29, 1.82) is 0 Å². The molecular weight excluding hydrogens is 378 g/mol. The lowest BCUT2D eigenvalue weighted by molar-refractivity contribution is 0.0769. The second-order valence-corrected chi connectivity index (χ2v) is 6.84. The van der Waals surface area contributed by atoms with Crippen LogP contribution >= 0.6 is 0 Å². The molecule has 0 atom stereocenters. The van der Waals surface area contributed by atoms with Crippen molar-refractivity contribution in [3.63, 3.8) is 0 Å². The first-order valence-corrected chi connectivity index (χ1v) is 9.59. The summed E-state index contributed by atoms with van der Waals surface area (Å²) < 4.78 is 11.1. The van der Waals surface area contributed by atoms with Gasteiger partial charge in [0.1, 0.15) is 12.4 Å². The Morgan fingerprint density at radius 1 is 0.967 bits per heavy atom. The molecule has 6 nitrogen and oxygen atoms in total. The molecule has 0 unspecified atom stereocenters. The summed E-state index contributed by atoms with van der Waals surface area (Å²) in [7, 11) is 1.70. The summed E-state index contributed by atoms with van der Waals surface area (Å²) in [5.74, 6) is 1.37. The SMILES string of the molecule is CN(Cc1nc(-c2ccccc2)no1)C(=O)c1cccc(OCc2ccccc2)c1. The number of hydrogen-bond acceptors (Lipinski definition) is 5. The number of carbonyl (C=O) groups is 1. The molecular formula is C24H21N3O3. The maximum absolute atomic E-state index is 12.8. The molecule has 1 aromatic heterocycles. The summed E-state index contributed by atoms with van der Waals surface area (Å²) in [5, 5.41) is 3.99. The molecule has 150 valence electrons. The number of amides is 1. The van der Waals surface area contributed by atoms with Crippen molar-refractivity contribution in [3.8, 4) is 17.1 Å². The smallest absolute Gasteiger partial charge is 0.254 e. The van der Waals surface area contributed by atoms with Gasteiger partial charge >= 0.3 is 0 Å². The Kier molecular flexibility index (Phi) is 5.85. The number of nitrogens with zero attached hydrogens (tertiary/aromatic N) is 3. The van der Waals surface area contributed by atoms with Gasteiger partial charge in [-0.15, -0.1) is 0 Å². The molecule has 1 amide bonds. The minimum atomic E-state index is -0.153. The highest BCUT2D eigenvalue weighted by atomic mass is 16.5. The average Bonchev–Trinajstić information content (AvgIpc) is 3.27. The van der Waals surface area contributed by atoms with Gasteiger partial charge in [0.15, 0.2) is 0 Å². The van der Waals surface area contributed by atoms with Gasteiger partial charge in [-0.1, -0.05) is 71.9 Å².